The second-order valence-corrected chi connectivity index (χ2v) is 7.82. The lowest BCUT2D eigenvalue weighted by Gasteiger charge is -2.24. The van der Waals surface area contributed by atoms with Gasteiger partial charge in [0.15, 0.2) is 0 Å². The summed E-state index contributed by atoms with van der Waals surface area (Å²) in [5.74, 6) is 0.352. The number of fused-ring (bicyclic) bond motifs is 3. The maximum atomic E-state index is 12.4. The van der Waals surface area contributed by atoms with Gasteiger partial charge in [0.05, 0.1) is 0 Å². The summed E-state index contributed by atoms with van der Waals surface area (Å²) in [6.45, 7) is 9.51. The van der Waals surface area contributed by atoms with Gasteiger partial charge in [-0.2, -0.15) is 0 Å². The van der Waals surface area contributed by atoms with Gasteiger partial charge in [-0.1, -0.05) is 51.6 Å². The molecule has 0 aromatic heterocycles. The van der Waals surface area contributed by atoms with Crippen molar-refractivity contribution in [2.24, 2.45) is 0 Å². The molecule has 0 amide bonds. The molecule has 1 heterocycles. The van der Waals surface area contributed by atoms with E-state index in [0.717, 1.165) is 29.4 Å². The minimum Gasteiger partial charge on any atom is -0.872 e. The van der Waals surface area contributed by atoms with Crippen molar-refractivity contribution in [1.29, 1.82) is 0 Å². The molecule has 1 aliphatic heterocycles. The van der Waals surface area contributed by atoms with Crippen molar-refractivity contribution in [3.8, 4) is 5.75 Å². The molecule has 3 rings (SSSR count). The first kappa shape index (κ1) is 15.5. The fourth-order valence-corrected chi connectivity index (χ4v) is 3.56. The smallest absolute Gasteiger partial charge is 0.0419 e. The Hall–Kier alpha value is -1.41. The summed E-state index contributed by atoms with van der Waals surface area (Å²) >= 11 is 6.55. The molecule has 0 saturated carbocycles. The molecule has 118 valence electrons. The molecule has 0 bridgehead atoms. The predicted molar refractivity (Wildman–Crippen MR) is 93.3 cm³/mol. The Morgan fingerprint density at radius 2 is 2.00 bits per heavy atom. The second kappa shape index (κ2) is 5.34. The third kappa shape index (κ3) is 2.44. The molecule has 0 radical (unpaired) electrons. The highest BCUT2D eigenvalue weighted by Gasteiger charge is 2.30. The highest BCUT2D eigenvalue weighted by Crippen LogP contribution is 2.44. The lowest BCUT2D eigenvalue weighted by molar-refractivity contribution is -0.265. The lowest BCUT2D eigenvalue weighted by atomic mass is 9.83. The summed E-state index contributed by atoms with van der Waals surface area (Å²) in [5.41, 5.74) is 3.50. The van der Waals surface area contributed by atoms with Crippen LogP contribution in [0.3, 0.4) is 0 Å². The maximum Gasteiger partial charge on any atom is 0.0419 e. The van der Waals surface area contributed by atoms with Crippen LogP contribution in [-0.2, 0) is 5.41 Å². The molecule has 0 fully saturated rings. The van der Waals surface area contributed by atoms with Crippen LogP contribution in [0.15, 0.2) is 24.3 Å². The topological polar surface area (TPSA) is 35.1 Å². The SMILES string of the molecule is CC[C@@H](Cl)[C@@H]1CNc2cc([O-])c3ccc(C(C)(C)C)cc3c21. The van der Waals surface area contributed by atoms with Crippen molar-refractivity contribution in [3.05, 3.63) is 35.4 Å². The molecule has 1 N–H and O–H groups in total. The number of rotatable bonds is 2. The zero-order chi connectivity index (χ0) is 16.1. The monoisotopic (exact) mass is 316 g/mol. The van der Waals surface area contributed by atoms with E-state index in [1.165, 1.54) is 11.1 Å². The van der Waals surface area contributed by atoms with Crippen molar-refractivity contribution in [2.75, 3.05) is 11.9 Å². The number of halogens is 1. The van der Waals surface area contributed by atoms with Crippen molar-refractivity contribution in [3.63, 3.8) is 0 Å². The average molecular weight is 317 g/mol. The summed E-state index contributed by atoms with van der Waals surface area (Å²) in [6, 6.07) is 7.97. The van der Waals surface area contributed by atoms with E-state index in [4.69, 9.17) is 11.6 Å². The van der Waals surface area contributed by atoms with E-state index < -0.39 is 0 Å². The van der Waals surface area contributed by atoms with Crippen LogP contribution in [0.5, 0.6) is 5.75 Å². The summed E-state index contributed by atoms with van der Waals surface area (Å²) < 4.78 is 0. The van der Waals surface area contributed by atoms with E-state index in [0.29, 0.717) is 0 Å². The summed E-state index contributed by atoms with van der Waals surface area (Å²) in [6.07, 6.45) is 0.924. The highest BCUT2D eigenvalue weighted by molar-refractivity contribution is 6.21. The number of benzene rings is 2. The number of alkyl halides is 1. The Bertz CT molecular complexity index is 717. The third-order valence-corrected chi connectivity index (χ3v) is 5.33. The molecule has 0 saturated heterocycles. The summed E-state index contributed by atoms with van der Waals surface area (Å²) in [4.78, 5) is 0. The van der Waals surface area contributed by atoms with Crippen LogP contribution in [0.25, 0.3) is 10.8 Å². The third-order valence-electron chi connectivity index (χ3n) is 4.72. The van der Waals surface area contributed by atoms with Gasteiger partial charge in [-0.3, -0.25) is 0 Å². The molecular formula is C19H23ClNO-. The van der Waals surface area contributed by atoms with Crippen LogP contribution < -0.4 is 10.4 Å². The Kier molecular flexibility index (Phi) is 3.76. The number of hydrogen-bond donors (Lipinski definition) is 1. The first-order valence-corrected chi connectivity index (χ1v) is 8.42. The highest BCUT2D eigenvalue weighted by atomic mass is 35.5. The van der Waals surface area contributed by atoms with Crippen LogP contribution in [0.4, 0.5) is 5.69 Å². The zero-order valence-corrected chi connectivity index (χ0v) is 14.4. The van der Waals surface area contributed by atoms with Gasteiger partial charge >= 0.3 is 0 Å². The van der Waals surface area contributed by atoms with E-state index in [9.17, 15) is 5.11 Å². The Morgan fingerprint density at radius 3 is 2.64 bits per heavy atom. The van der Waals surface area contributed by atoms with Gasteiger partial charge in [-0.15, -0.1) is 11.6 Å². The van der Waals surface area contributed by atoms with Gasteiger partial charge in [0.25, 0.3) is 0 Å². The Balaban J connectivity index is 2.27. The fraction of sp³-hybridized carbons (Fsp3) is 0.474. The molecule has 0 unspecified atom stereocenters. The minimum absolute atomic E-state index is 0.0621. The van der Waals surface area contributed by atoms with E-state index in [1.54, 1.807) is 6.07 Å². The predicted octanol–water partition coefficient (Wildman–Crippen LogP) is 4.74. The molecular weight excluding hydrogens is 294 g/mol. The van der Waals surface area contributed by atoms with Gasteiger partial charge in [-0.25, -0.2) is 0 Å². The van der Waals surface area contributed by atoms with Gasteiger partial charge < -0.3 is 10.4 Å². The summed E-state index contributed by atoms with van der Waals surface area (Å²) in [7, 11) is 0. The molecule has 3 heteroatoms. The van der Waals surface area contributed by atoms with E-state index in [-0.39, 0.29) is 22.5 Å². The van der Waals surface area contributed by atoms with Crippen LogP contribution in [0.2, 0.25) is 0 Å². The van der Waals surface area contributed by atoms with Crippen molar-refractivity contribution >= 4 is 28.1 Å². The van der Waals surface area contributed by atoms with Crippen LogP contribution in [0, 0.1) is 0 Å². The average Bonchev–Trinajstić information content (AvgIpc) is 2.89. The summed E-state index contributed by atoms with van der Waals surface area (Å²) in [5, 5.41) is 17.7. The van der Waals surface area contributed by atoms with Crippen molar-refractivity contribution in [1.82, 2.24) is 0 Å². The van der Waals surface area contributed by atoms with E-state index >= 15 is 0 Å². The molecule has 2 nitrogen and oxygen atoms in total. The van der Waals surface area contributed by atoms with Crippen molar-refractivity contribution < 1.29 is 5.11 Å². The van der Waals surface area contributed by atoms with E-state index in [2.05, 4.69) is 45.1 Å². The molecule has 2 aromatic rings. The van der Waals surface area contributed by atoms with Gasteiger partial charge in [0.1, 0.15) is 0 Å². The van der Waals surface area contributed by atoms with Gasteiger partial charge in [0.2, 0.25) is 0 Å². The Labute approximate surface area is 137 Å². The largest absolute Gasteiger partial charge is 0.872 e. The molecule has 0 aliphatic carbocycles. The Morgan fingerprint density at radius 1 is 1.27 bits per heavy atom. The van der Waals surface area contributed by atoms with Crippen LogP contribution in [-0.4, -0.2) is 11.9 Å². The van der Waals surface area contributed by atoms with Crippen LogP contribution >= 0.6 is 11.6 Å². The molecule has 2 aromatic carbocycles. The second-order valence-electron chi connectivity index (χ2n) is 7.26. The normalized spacial score (nSPS) is 19.0. The molecule has 1 aliphatic rings. The number of nitrogens with one attached hydrogen (secondary N) is 1. The molecule has 2 atom stereocenters. The number of anilines is 1. The minimum atomic E-state index is 0.0621. The number of hydrogen-bond acceptors (Lipinski definition) is 2. The first-order chi connectivity index (χ1) is 10.3. The zero-order valence-electron chi connectivity index (χ0n) is 13.7. The first-order valence-electron chi connectivity index (χ1n) is 7.99. The lowest BCUT2D eigenvalue weighted by Crippen LogP contribution is -2.15. The molecule has 22 heavy (non-hydrogen) atoms. The molecule has 0 spiro atoms. The van der Waals surface area contributed by atoms with E-state index in [1.807, 2.05) is 6.07 Å². The van der Waals surface area contributed by atoms with Gasteiger partial charge in [0, 0.05) is 23.5 Å². The van der Waals surface area contributed by atoms with Gasteiger partial charge in [-0.05, 0) is 39.8 Å². The maximum absolute atomic E-state index is 12.4. The van der Waals surface area contributed by atoms with Crippen LogP contribution in [0.1, 0.15) is 51.2 Å². The quantitative estimate of drug-likeness (QED) is 0.812. The standard InChI is InChI=1S/C19H24ClNO/c1-5-15(20)14-10-21-16-9-17(22)12-7-6-11(19(2,3)4)8-13(12)18(14)16/h6-9,14-15,21-22H,5,10H2,1-4H3/p-1/t14-,15+/m0/s1. The van der Waals surface area contributed by atoms with Crippen molar-refractivity contribution in [2.45, 2.75) is 50.8 Å². The fourth-order valence-electron chi connectivity index (χ4n) is 3.34.